The van der Waals surface area contributed by atoms with Crippen LogP contribution in [0, 0.1) is 0 Å². The Balaban J connectivity index is 1.13. The van der Waals surface area contributed by atoms with Gasteiger partial charge < -0.3 is 8.83 Å². The van der Waals surface area contributed by atoms with Crippen molar-refractivity contribution in [2.45, 2.75) is 0 Å². The Morgan fingerprint density at radius 3 is 1.77 bits per heavy atom. The standard InChI is InChI=1S/C43H25N3O2/c1-3-10-27(11-4-1)41-44-42(28-12-5-2-6-13-28)46-43(45-41)34-15-9-17-37-39(34)33-23-21-30(25-38(33)47-37)29-19-18-26-20-22-32-31-14-7-8-16-36(31)48-40(32)35(26)24-29/h1-25H. The highest BCUT2D eigenvalue weighted by Gasteiger charge is 2.18. The molecule has 5 nitrogen and oxygen atoms in total. The van der Waals surface area contributed by atoms with Crippen molar-refractivity contribution in [3.05, 3.63) is 152 Å². The SMILES string of the molecule is c1ccc(-c2nc(-c3ccccc3)nc(-c3cccc4oc5cc(-c6ccc7ccc8c9ccccc9oc8c7c6)ccc5c34)n2)cc1. The second kappa shape index (κ2) is 10.5. The maximum absolute atomic E-state index is 6.51. The number of benzene rings is 7. The molecule has 0 radical (unpaired) electrons. The van der Waals surface area contributed by atoms with Gasteiger partial charge in [-0.15, -0.1) is 0 Å². The Morgan fingerprint density at radius 1 is 0.354 bits per heavy atom. The molecule has 0 bridgehead atoms. The quantitative estimate of drug-likeness (QED) is 0.197. The van der Waals surface area contributed by atoms with Gasteiger partial charge in [-0.1, -0.05) is 115 Å². The maximum atomic E-state index is 6.51. The molecular formula is C43H25N3O2. The predicted molar refractivity (Wildman–Crippen MR) is 194 cm³/mol. The highest BCUT2D eigenvalue weighted by molar-refractivity contribution is 6.16. The van der Waals surface area contributed by atoms with E-state index in [0.717, 1.165) is 82.5 Å². The third kappa shape index (κ3) is 4.22. The van der Waals surface area contributed by atoms with Crippen molar-refractivity contribution >= 4 is 54.6 Å². The fraction of sp³-hybridized carbons (Fsp3) is 0. The number of para-hydroxylation sites is 1. The van der Waals surface area contributed by atoms with E-state index in [1.165, 1.54) is 0 Å². The van der Waals surface area contributed by atoms with E-state index >= 15 is 0 Å². The second-order valence-electron chi connectivity index (χ2n) is 12.0. The molecule has 0 saturated heterocycles. The van der Waals surface area contributed by atoms with E-state index in [1.807, 2.05) is 84.9 Å². The van der Waals surface area contributed by atoms with Gasteiger partial charge in [0.1, 0.15) is 22.3 Å². The van der Waals surface area contributed by atoms with Gasteiger partial charge in [-0.05, 0) is 52.9 Å². The van der Waals surface area contributed by atoms with Crippen molar-refractivity contribution < 1.29 is 8.83 Å². The summed E-state index contributed by atoms with van der Waals surface area (Å²) >= 11 is 0. The minimum absolute atomic E-state index is 0.601. The summed E-state index contributed by atoms with van der Waals surface area (Å²) in [5, 5.41) is 6.47. The van der Waals surface area contributed by atoms with Gasteiger partial charge in [0.2, 0.25) is 0 Å². The molecule has 0 aliphatic heterocycles. The fourth-order valence-electron chi connectivity index (χ4n) is 6.80. The Kier molecular flexibility index (Phi) is 5.81. The number of fused-ring (bicyclic) bond motifs is 8. The van der Waals surface area contributed by atoms with Crippen LogP contribution in [0.15, 0.2) is 160 Å². The molecule has 48 heavy (non-hydrogen) atoms. The molecule has 7 aromatic carbocycles. The molecular weight excluding hydrogens is 590 g/mol. The number of nitrogens with zero attached hydrogens (tertiary/aromatic N) is 3. The van der Waals surface area contributed by atoms with Gasteiger partial charge in [0.05, 0.1) is 0 Å². The van der Waals surface area contributed by atoms with Crippen LogP contribution in [-0.4, -0.2) is 15.0 Å². The summed E-state index contributed by atoms with van der Waals surface area (Å²) in [6, 6.07) is 51.6. The van der Waals surface area contributed by atoms with Gasteiger partial charge in [0.25, 0.3) is 0 Å². The normalized spacial score (nSPS) is 11.8. The topological polar surface area (TPSA) is 65.0 Å². The smallest absolute Gasteiger partial charge is 0.164 e. The molecule has 0 amide bonds. The van der Waals surface area contributed by atoms with Crippen LogP contribution in [0.2, 0.25) is 0 Å². The van der Waals surface area contributed by atoms with E-state index in [2.05, 4.69) is 66.7 Å². The number of furan rings is 2. The third-order valence-corrected chi connectivity index (χ3v) is 9.13. The van der Waals surface area contributed by atoms with Crippen LogP contribution in [0.3, 0.4) is 0 Å². The van der Waals surface area contributed by atoms with E-state index in [0.29, 0.717) is 17.5 Å². The summed E-state index contributed by atoms with van der Waals surface area (Å²) in [5.41, 5.74) is 8.31. The van der Waals surface area contributed by atoms with Crippen LogP contribution in [0.5, 0.6) is 0 Å². The molecule has 0 N–H and O–H groups in total. The lowest BCUT2D eigenvalue weighted by Gasteiger charge is -2.09. The Labute approximate surface area is 274 Å². The zero-order valence-corrected chi connectivity index (χ0v) is 25.6. The minimum Gasteiger partial charge on any atom is -0.456 e. The molecule has 10 rings (SSSR count). The molecule has 5 heteroatoms. The van der Waals surface area contributed by atoms with Crippen LogP contribution < -0.4 is 0 Å². The summed E-state index contributed by atoms with van der Waals surface area (Å²) < 4.78 is 12.9. The van der Waals surface area contributed by atoms with Crippen molar-refractivity contribution in [1.82, 2.24) is 15.0 Å². The summed E-state index contributed by atoms with van der Waals surface area (Å²) in [7, 11) is 0. The van der Waals surface area contributed by atoms with E-state index in [9.17, 15) is 0 Å². The average Bonchev–Trinajstić information content (AvgIpc) is 3.73. The lowest BCUT2D eigenvalue weighted by Crippen LogP contribution is -2.00. The molecule has 0 saturated carbocycles. The Hall–Kier alpha value is -6.59. The number of rotatable bonds is 4. The number of hydrogen-bond acceptors (Lipinski definition) is 5. The Bertz CT molecular complexity index is 2780. The first-order valence-corrected chi connectivity index (χ1v) is 15.9. The molecule has 0 atom stereocenters. The van der Waals surface area contributed by atoms with Gasteiger partial charge in [-0.2, -0.15) is 0 Å². The first kappa shape index (κ1) is 26.6. The maximum Gasteiger partial charge on any atom is 0.164 e. The second-order valence-corrected chi connectivity index (χ2v) is 12.0. The van der Waals surface area contributed by atoms with Crippen LogP contribution in [0.4, 0.5) is 0 Å². The number of aromatic nitrogens is 3. The fourth-order valence-corrected chi connectivity index (χ4v) is 6.80. The van der Waals surface area contributed by atoms with Crippen molar-refractivity contribution in [3.8, 4) is 45.3 Å². The monoisotopic (exact) mass is 615 g/mol. The van der Waals surface area contributed by atoms with E-state index < -0.39 is 0 Å². The molecule has 0 unspecified atom stereocenters. The minimum atomic E-state index is 0.601. The highest BCUT2D eigenvalue weighted by Crippen LogP contribution is 2.40. The highest BCUT2D eigenvalue weighted by atomic mass is 16.3. The molecule has 3 aromatic heterocycles. The van der Waals surface area contributed by atoms with E-state index in [-0.39, 0.29) is 0 Å². The van der Waals surface area contributed by atoms with Gasteiger partial charge in [-0.25, -0.2) is 15.0 Å². The van der Waals surface area contributed by atoms with E-state index in [1.54, 1.807) is 0 Å². The average molecular weight is 616 g/mol. The lowest BCUT2D eigenvalue weighted by atomic mass is 9.98. The third-order valence-electron chi connectivity index (χ3n) is 9.13. The molecule has 0 fully saturated rings. The van der Waals surface area contributed by atoms with Crippen LogP contribution in [0.25, 0.3) is 99.9 Å². The zero-order valence-electron chi connectivity index (χ0n) is 25.6. The molecule has 0 aliphatic rings. The number of hydrogen-bond donors (Lipinski definition) is 0. The summed E-state index contributed by atoms with van der Waals surface area (Å²) in [6.07, 6.45) is 0. The van der Waals surface area contributed by atoms with Gasteiger partial charge >= 0.3 is 0 Å². The zero-order chi connectivity index (χ0) is 31.6. The van der Waals surface area contributed by atoms with Crippen LogP contribution in [-0.2, 0) is 0 Å². The lowest BCUT2D eigenvalue weighted by molar-refractivity contribution is 0.669. The van der Waals surface area contributed by atoms with Crippen LogP contribution >= 0.6 is 0 Å². The molecule has 224 valence electrons. The molecule has 10 aromatic rings. The van der Waals surface area contributed by atoms with Crippen molar-refractivity contribution in [3.63, 3.8) is 0 Å². The predicted octanol–water partition coefficient (Wildman–Crippen LogP) is 11.5. The van der Waals surface area contributed by atoms with Crippen molar-refractivity contribution in [1.29, 1.82) is 0 Å². The molecule has 0 aliphatic carbocycles. The van der Waals surface area contributed by atoms with Gasteiger partial charge in [0, 0.05) is 43.6 Å². The summed E-state index contributed by atoms with van der Waals surface area (Å²) in [4.78, 5) is 14.9. The largest absolute Gasteiger partial charge is 0.456 e. The summed E-state index contributed by atoms with van der Waals surface area (Å²) in [5.74, 6) is 1.85. The van der Waals surface area contributed by atoms with E-state index in [4.69, 9.17) is 23.8 Å². The van der Waals surface area contributed by atoms with Gasteiger partial charge in [0.15, 0.2) is 17.5 Å². The molecule has 0 spiro atoms. The van der Waals surface area contributed by atoms with Crippen LogP contribution in [0.1, 0.15) is 0 Å². The molecule has 3 heterocycles. The summed E-state index contributed by atoms with van der Waals surface area (Å²) in [6.45, 7) is 0. The first-order valence-electron chi connectivity index (χ1n) is 15.9. The first-order chi connectivity index (χ1) is 23.8. The Morgan fingerprint density at radius 2 is 0.979 bits per heavy atom. The van der Waals surface area contributed by atoms with Crippen molar-refractivity contribution in [2.75, 3.05) is 0 Å². The van der Waals surface area contributed by atoms with Gasteiger partial charge in [-0.3, -0.25) is 0 Å². The van der Waals surface area contributed by atoms with Crippen molar-refractivity contribution in [2.24, 2.45) is 0 Å².